The largest absolute Gasteiger partial charge is 0.379 e. The maximum absolute atomic E-state index is 14.5. The third kappa shape index (κ3) is 16.3. The highest BCUT2D eigenvalue weighted by atomic mass is 33.1. The number of likely N-dealkylation sites (tertiary alicyclic amines) is 1. The van der Waals surface area contributed by atoms with Crippen LogP contribution in [-0.2, 0) is 35.1 Å². The minimum Gasteiger partial charge on any atom is -0.379 e. The molecule has 0 aliphatic carbocycles. The van der Waals surface area contributed by atoms with Crippen molar-refractivity contribution in [3.8, 4) is 0 Å². The number of hydrogen-bond donors (Lipinski definition) is 0. The molecule has 0 bridgehead atoms. The van der Waals surface area contributed by atoms with E-state index >= 15 is 0 Å². The first-order chi connectivity index (χ1) is 30.4. The van der Waals surface area contributed by atoms with Crippen molar-refractivity contribution in [1.29, 1.82) is 0 Å². The first kappa shape index (κ1) is 55.7. The highest BCUT2D eigenvalue weighted by Gasteiger charge is 2.43. The van der Waals surface area contributed by atoms with Gasteiger partial charge in [0.05, 0.1) is 41.6 Å². The van der Waals surface area contributed by atoms with Crippen LogP contribution in [-0.4, -0.2) is 127 Å². The lowest BCUT2D eigenvalue weighted by Gasteiger charge is -2.41. The number of carbonyl (C=O) groups is 5. The van der Waals surface area contributed by atoms with Crippen molar-refractivity contribution in [2.45, 2.75) is 143 Å². The summed E-state index contributed by atoms with van der Waals surface area (Å²) in [5.41, 5.74) is 1.55. The van der Waals surface area contributed by atoms with E-state index in [-0.39, 0.29) is 84.1 Å². The summed E-state index contributed by atoms with van der Waals surface area (Å²) >= 11 is 1.44. The molecule has 1 saturated heterocycles. The van der Waals surface area contributed by atoms with Crippen LogP contribution in [0.2, 0.25) is 0 Å². The van der Waals surface area contributed by atoms with Gasteiger partial charge >= 0.3 is 0 Å². The molecule has 2 aromatic rings. The number of rotatable bonds is 30. The van der Waals surface area contributed by atoms with Gasteiger partial charge in [-0.15, -0.1) is 11.3 Å². The Morgan fingerprint density at radius 2 is 1.55 bits per heavy atom. The Labute approximate surface area is 397 Å². The zero-order valence-electron chi connectivity index (χ0n) is 41.2. The maximum atomic E-state index is 14.5. The summed E-state index contributed by atoms with van der Waals surface area (Å²) in [5.74, 6) is 0.547. The van der Waals surface area contributed by atoms with Crippen molar-refractivity contribution in [2.75, 3.05) is 53.5 Å². The monoisotopic (exact) mass is 945 g/mol. The number of thiazole rings is 1. The molecule has 2 amide bonds. The van der Waals surface area contributed by atoms with E-state index in [1.165, 1.54) is 11.3 Å². The fourth-order valence-corrected chi connectivity index (χ4v) is 11.9. The number of methoxy groups -OCH3 is 2. The summed E-state index contributed by atoms with van der Waals surface area (Å²) < 4.78 is 12.2. The number of ketones is 3. The Bertz CT molecular complexity index is 1760. The van der Waals surface area contributed by atoms with Crippen LogP contribution in [0.15, 0.2) is 35.7 Å². The molecule has 11 nitrogen and oxygen atoms in total. The topological polar surface area (TPSA) is 126 Å². The van der Waals surface area contributed by atoms with Gasteiger partial charge in [0.1, 0.15) is 17.3 Å². The van der Waals surface area contributed by atoms with Crippen molar-refractivity contribution >= 4 is 62.1 Å². The predicted octanol–water partition coefficient (Wildman–Crippen LogP) is 9.74. The Kier molecular flexibility index (Phi) is 24.3. The van der Waals surface area contributed by atoms with Crippen LogP contribution in [0.3, 0.4) is 0 Å². The van der Waals surface area contributed by atoms with E-state index < -0.39 is 30.1 Å². The van der Waals surface area contributed by atoms with Gasteiger partial charge in [-0.05, 0) is 63.1 Å². The molecule has 64 heavy (non-hydrogen) atoms. The Balaban J connectivity index is 1.78. The number of benzene rings is 1. The molecule has 360 valence electrons. The van der Waals surface area contributed by atoms with E-state index in [1.54, 1.807) is 47.8 Å². The van der Waals surface area contributed by atoms with Crippen molar-refractivity contribution in [2.24, 2.45) is 35.5 Å². The average Bonchev–Trinajstić information content (AvgIpc) is 3.97. The second kappa shape index (κ2) is 27.9. The van der Waals surface area contributed by atoms with Crippen LogP contribution in [0.5, 0.6) is 0 Å². The van der Waals surface area contributed by atoms with Crippen LogP contribution < -0.4 is 0 Å². The quantitative estimate of drug-likeness (QED) is 0.0322. The minimum absolute atomic E-state index is 0.0146. The second-order valence-corrected chi connectivity index (χ2v) is 22.4. The maximum Gasteiger partial charge on any atom is 0.226 e. The third-order valence-electron chi connectivity index (χ3n) is 13.4. The molecular weight excluding hydrogens is 865 g/mol. The molecule has 9 unspecified atom stereocenters. The molecule has 0 spiro atoms. The summed E-state index contributed by atoms with van der Waals surface area (Å²) in [4.78, 5) is 80.2. The van der Waals surface area contributed by atoms with Crippen molar-refractivity contribution in [1.82, 2.24) is 19.7 Å². The van der Waals surface area contributed by atoms with Crippen LogP contribution in [0.4, 0.5) is 0 Å². The van der Waals surface area contributed by atoms with Crippen LogP contribution in [0.1, 0.15) is 134 Å². The molecule has 1 fully saturated rings. The molecule has 0 saturated carbocycles. The normalized spacial score (nSPS) is 18.1. The SMILES string of the molecule is CCC(C)C(C(CC(=O)N1CCCC1C(OC)C(C)C(=O)CC(Cc1ccccc1)c1nc(C(=O)CCCSSCN(C)C)cs1)OC)N(C)C(=O)C(CC(=O)C(C)C(C)C)C(C)C. The Hall–Kier alpha value is -2.62. The smallest absolute Gasteiger partial charge is 0.226 e. The van der Waals surface area contributed by atoms with Gasteiger partial charge in [0, 0.05) is 81.9 Å². The fourth-order valence-electron chi connectivity index (χ4n) is 8.78. The van der Waals surface area contributed by atoms with Gasteiger partial charge in [0.25, 0.3) is 0 Å². The lowest BCUT2D eigenvalue weighted by atomic mass is 9.82. The number of carbonyl (C=O) groups excluding carboxylic acids is 5. The minimum atomic E-state index is -0.587. The van der Waals surface area contributed by atoms with Crippen LogP contribution in [0.25, 0.3) is 0 Å². The van der Waals surface area contributed by atoms with Gasteiger partial charge in [0.2, 0.25) is 11.8 Å². The summed E-state index contributed by atoms with van der Waals surface area (Å²) in [5, 5.41) is 2.61. The zero-order valence-corrected chi connectivity index (χ0v) is 43.6. The third-order valence-corrected chi connectivity index (χ3v) is 16.9. The van der Waals surface area contributed by atoms with E-state index in [0.29, 0.717) is 31.5 Å². The van der Waals surface area contributed by atoms with E-state index in [2.05, 4.69) is 30.9 Å². The molecule has 1 aromatic carbocycles. The standard InChI is InChI=1S/C50H80N4O7S3/c1-14-34(6)47(53(11)50(59)39(33(4)5)28-44(57)35(7)32(2)3)45(60-12)29-46(58)54-24-18-22-41(54)48(61-13)36(8)43(56)27-38(26-37-20-16-15-17-21-37)49-51-40(30-62-49)42(55)23-19-25-63-64-31-52(9)10/h15-17,20-21,30,32-36,38-39,41,45,47-48H,14,18-19,22-29,31H2,1-13H3. The first-order valence-electron chi connectivity index (χ1n) is 23.4. The summed E-state index contributed by atoms with van der Waals surface area (Å²) in [7, 11) is 12.6. The van der Waals surface area contributed by atoms with Crippen molar-refractivity contribution in [3.05, 3.63) is 52.0 Å². The van der Waals surface area contributed by atoms with Gasteiger partial charge in [0.15, 0.2) is 5.78 Å². The summed E-state index contributed by atoms with van der Waals surface area (Å²) in [6.07, 6.45) is 3.40. The molecule has 0 radical (unpaired) electrons. The molecule has 2 heterocycles. The van der Waals surface area contributed by atoms with Gasteiger partial charge in [-0.3, -0.25) is 28.9 Å². The highest BCUT2D eigenvalue weighted by molar-refractivity contribution is 8.76. The molecule has 14 heteroatoms. The fraction of sp³-hybridized carbons (Fsp3) is 0.720. The van der Waals surface area contributed by atoms with Crippen molar-refractivity contribution in [3.63, 3.8) is 0 Å². The van der Waals surface area contributed by atoms with Gasteiger partial charge in [-0.25, -0.2) is 4.98 Å². The Morgan fingerprint density at radius 3 is 2.14 bits per heavy atom. The lowest BCUT2D eigenvalue weighted by Crippen LogP contribution is -2.54. The predicted molar refractivity (Wildman–Crippen MR) is 265 cm³/mol. The van der Waals surface area contributed by atoms with E-state index in [1.807, 2.05) is 84.1 Å². The number of nitrogens with zero attached hydrogens (tertiary/aromatic N) is 4. The number of hydrogen-bond acceptors (Lipinski definition) is 12. The number of aromatic nitrogens is 1. The van der Waals surface area contributed by atoms with Gasteiger partial charge < -0.3 is 19.3 Å². The number of ether oxygens (including phenoxy) is 2. The number of Topliss-reactive ketones (excluding diaryl/α,β-unsaturated/α-hetero) is 3. The van der Waals surface area contributed by atoms with Gasteiger partial charge in [-0.2, -0.15) is 0 Å². The van der Waals surface area contributed by atoms with E-state index in [9.17, 15) is 24.0 Å². The zero-order chi connectivity index (χ0) is 47.7. The molecule has 0 N–H and O–H groups in total. The first-order valence-corrected chi connectivity index (χ1v) is 26.8. The van der Waals surface area contributed by atoms with Crippen LogP contribution in [0, 0.1) is 35.5 Å². The van der Waals surface area contributed by atoms with Crippen molar-refractivity contribution < 1.29 is 33.4 Å². The molecule has 3 rings (SSSR count). The molecule has 1 aliphatic heterocycles. The lowest BCUT2D eigenvalue weighted by molar-refractivity contribution is -0.149. The Morgan fingerprint density at radius 1 is 0.875 bits per heavy atom. The molecule has 1 aromatic heterocycles. The second-order valence-electron chi connectivity index (χ2n) is 18.9. The molecule has 1 aliphatic rings. The average molecular weight is 945 g/mol. The van der Waals surface area contributed by atoms with E-state index in [0.717, 1.165) is 41.5 Å². The molecular formula is C50H80N4O7S3. The highest BCUT2D eigenvalue weighted by Crippen LogP contribution is 2.34. The molecule has 9 atom stereocenters. The van der Waals surface area contributed by atoms with E-state index in [4.69, 9.17) is 14.5 Å². The number of likely N-dealkylation sites (N-methyl/N-ethyl adjacent to an activating group) is 1. The van der Waals surface area contributed by atoms with Crippen LogP contribution >= 0.6 is 32.9 Å². The summed E-state index contributed by atoms with van der Waals surface area (Å²) in [6, 6.07) is 9.35. The summed E-state index contributed by atoms with van der Waals surface area (Å²) in [6.45, 7) is 16.6. The van der Waals surface area contributed by atoms with Gasteiger partial charge in [-0.1, -0.05) is 114 Å². The number of amides is 2.